The number of hydrogen-bond acceptors (Lipinski definition) is 2. The molecule has 0 saturated heterocycles. The Morgan fingerprint density at radius 3 is 2.57 bits per heavy atom. The summed E-state index contributed by atoms with van der Waals surface area (Å²) < 4.78 is 0. The summed E-state index contributed by atoms with van der Waals surface area (Å²) in [5.41, 5.74) is 1.51. The predicted molar refractivity (Wildman–Crippen MR) is 82.8 cm³/mol. The number of nitrogens with one attached hydrogen (secondary N) is 1. The van der Waals surface area contributed by atoms with Crippen LogP contribution in [0.5, 0.6) is 5.75 Å². The van der Waals surface area contributed by atoms with Gasteiger partial charge < -0.3 is 10.4 Å². The van der Waals surface area contributed by atoms with Crippen LogP contribution in [0.3, 0.4) is 0 Å². The number of carbonyl (C=O) groups excluding carboxylic acids is 1. The van der Waals surface area contributed by atoms with Crippen molar-refractivity contribution in [2.24, 2.45) is 0 Å². The maximum atomic E-state index is 12.2. The zero-order valence-corrected chi connectivity index (χ0v) is 12.2. The second kappa shape index (κ2) is 5.41. The molecule has 2 N–H and O–H groups in total. The molecular formula is C17H16ClNO2. The van der Waals surface area contributed by atoms with E-state index in [2.05, 4.69) is 17.4 Å². The average molecular weight is 302 g/mol. The fourth-order valence-electron chi connectivity index (χ4n) is 2.54. The molecule has 1 fully saturated rings. The monoisotopic (exact) mass is 301 g/mol. The number of amides is 1. The van der Waals surface area contributed by atoms with Crippen LogP contribution >= 0.6 is 11.6 Å². The third-order valence-corrected chi connectivity index (χ3v) is 4.27. The van der Waals surface area contributed by atoms with Gasteiger partial charge >= 0.3 is 0 Å². The molecule has 0 atom stereocenters. The average Bonchev–Trinajstić information content (AvgIpc) is 3.29. The number of aromatic hydroxyl groups is 1. The number of hydrogen-bond donors (Lipinski definition) is 2. The van der Waals surface area contributed by atoms with Crippen molar-refractivity contribution < 1.29 is 9.90 Å². The first-order valence-corrected chi connectivity index (χ1v) is 7.31. The highest BCUT2D eigenvalue weighted by molar-refractivity contribution is 6.31. The fraction of sp³-hybridized carbons (Fsp3) is 0.235. The minimum Gasteiger partial charge on any atom is -0.507 e. The first kappa shape index (κ1) is 14.0. The zero-order chi connectivity index (χ0) is 14.9. The maximum Gasteiger partial charge on any atom is 0.255 e. The van der Waals surface area contributed by atoms with Crippen LogP contribution in [-0.2, 0) is 5.41 Å². The van der Waals surface area contributed by atoms with Crippen molar-refractivity contribution in [3.8, 4) is 5.75 Å². The second-order valence-electron chi connectivity index (χ2n) is 5.49. The van der Waals surface area contributed by atoms with Crippen molar-refractivity contribution in [2.45, 2.75) is 18.3 Å². The number of benzene rings is 2. The summed E-state index contributed by atoms with van der Waals surface area (Å²) in [6, 6.07) is 14.7. The smallest absolute Gasteiger partial charge is 0.255 e. The van der Waals surface area contributed by atoms with Gasteiger partial charge in [-0.3, -0.25) is 4.79 Å². The number of phenols is 1. The maximum absolute atomic E-state index is 12.2. The van der Waals surface area contributed by atoms with Crippen LogP contribution in [0.2, 0.25) is 5.02 Å². The lowest BCUT2D eigenvalue weighted by Gasteiger charge is -2.17. The van der Waals surface area contributed by atoms with Gasteiger partial charge in [0.1, 0.15) is 5.75 Å². The lowest BCUT2D eigenvalue weighted by molar-refractivity contribution is 0.0947. The van der Waals surface area contributed by atoms with Gasteiger partial charge in [0.15, 0.2) is 0 Å². The molecule has 3 rings (SSSR count). The third-order valence-electron chi connectivity index (χ3n) is 4.03. The van der Waals surface area contributed by atoms with E-state index in [0.29, 0.717) is 11.6 Å². The van der Waals surface area contributed by atoms with Crippen LogP contribution in [0.25, 0.3) is 0 Å². The molecule has 0 aliphatic heterocycles. The van der Waals surface area contributed by atoms with Crippen LogP contribution in [0.1, 0.15) is 28.8 Å². The molecule has 21 heavy (non-hydrogen) atoms. The van der Waals surface area contributed by atoms with Gasteiger partial charge in [0.25, 0.3) is 5.91 Å². The van der Waals surface area contributed by atoms with E-state index in [0.717, 1.165) is 12.8 Å². The highest BCUT2D eigenvalue weighted by Gasteiger charge is 2.44. The van der Waals surface area contributed by atoms with Gasteiger partial charge in [-0.25, -0.2) is 0 Å². The fourth-order valence-corrected chi connectivity index (χ4v) is 2.72. The summed E-state index contributed by atoms with van der Waals surface area (Å²) in [4.78, 5) is 12.2. The molecule has 0 aromatic heterocycles. The second-order valence-corrected chi connectivity index (χ2v) is 5.93. The van der Waals surface area contributed by atoms with Crippen molar-refractivity contribution in [2.75, 3.05) is 6.54 Å². The first-order valence-electron chi connectivity index (χ1n) is 6.93. The van der Waals surface area contributed by atoms with Gasteiger partial charge in [0.2, 0.25) is 0 Å². The van der Waals surface area contributed by atoms with Crippen molar-refractivity contribution in [1.82, 2.24) is 5.32 Å². The van der Waals surface area contributed by atoms with E-state index in [9.17, 15) is 9.90 Å². The Morgan fingerprint density at radius 1 is 1.19 bits per heavy atom. The quantitative estimate of drug-likeness (QED) is 0.908. The number of phenolic OH excluding ortho intramolecular Hbond substituents is 1. The highest BCUT2D eigenvalue weighted by atomic mass is 35.5. The molecule has 3 nitrogen and oxygen atoms in total. The Balaban J connectivity index is 1.71. The topological polar surface area (TPSA) is 49.3 Å². The normalized spacial score (nSPS) is 15.5. The minimum atomic E-state index is -0.294. The lowest BCUT2D eigenvalue weighted by Crippen LogP contribution is -2.32. The van der Waals surface area contributed by atoms with E-state index in [1.54, 1.807) is 6.07 Å². The Morgan fingerprint density at radius 2 is 1.90 bits per heavy atom. The Hall–Kier alpha value is -2.00. The van der Waals surface area contributed by atoms with Gasteiger partial charge in [-0.05, 0) is 36.6 Å². The van der Waals surface area contributed by atoms with Crippen LogP contribution in [0.4, 0.5) is 0 Å². The summed E-state index contributed by atoms with van der Waals surface area (Å²) in [5, 5.41) is 13.1. The van der Waals surface area contributed by atoms with Gasteiger partial charge in [0.05, 0.1) is 5.56 Å². The molecule has 4 heteroatoms. The van der Waals surface area contributed by atoms with Crippen LogP contribution in [0, 0.1) is 0 Å². The number of rotatable bonds is 4. The Kier molecular flexibility index (Phi) is 3.60. The van der Waals surface area contributed by atoms with Crippen LogP contribution < -0.4 is 5.32 Å². The van der Waals surface area contributed by atoms with Crippen molar-refractivity contribution >= 4 is 17.5 Å². The standard InChI is InChI=1S/C17H16ClNO2/c18-13-6-7-15(20)14(10-13)16(21)19-11-17(8-9-17)12-4-2-1-3-5-12/h1-7,10,20H,8-9,11H2,(H,19,21). The minimum absolute atomic E-state index is 0.0467. The van der Waals surface area contributed by atoms with Gasteiger partial charge in [0, 0.05) is 17.0 Å². The number of carbonyl (C=O) groups is 1. The molecule has 2 aromatic rings. The highest BCUT2D eigenvalue weighted by Crippen LogP contribution is 2.47. The van der Waals surface area contributed by atoms with Crippen molar-refractivity contribution in [3.63, 3.8) is 0 Å². The first-order chi connectivity index (χ1) is 10.1. The summed E-state index contributed by atoms with van der Waals surface area (Å²) in [5.74, 6) is -0.348. The number of halogens is 1. The molecule has 1 saturated carbocycles. The summed E-state index contributed by atoms with van der Waals surface area (Å²) in [7, 11) is 0. The summed E-state index contributed by atoms with van der Waals surface area (Å²) in [6.45, 7) is 0.571. The van der Waals surface area contributed by atoms with Gasteiger partial charge in [-0.1, -0.05) is 41.9 Å². The predicted octanol–water partition coefficient (Wildman–Crippen LogP) is 3.51. The van der Waals surface area contributed by atoms with E-state index < -0.39 is 0 Å². The summed E-state index contributed by atoms with van der Waals surface area (Å²) >= 11 is 5.87. The van der Waals surface area contributed by atoms with Crippen LogP contribution in [-0.4, -0.2) is 17.6 Å². The zero-order valence-electron chi connectivity index (χ0n) is 11.5. The molecule has 1 amide bonds. The third kappa shape index (κ3) is 2.88. The van der Waals surface area contributed by atoms with E-state index in [1.807, 2.05) is 18.2 Å². The van der Waals surface area contributed by atoms with Crippen molar-refractivity contribution in [1.29, 1.82) is 0 Å². The summed E-state index contributed by atoms with van der Waals surface area (Å²) in [6.07, 6.45) is 2.14. The Labute approximate surface area is 128 Å². The molecule has 0 bridgehead atoms. The molecule has 108 valence electrons. The Bertz CT molecular complexity index is 666. The molecule has 0 heterocycles. The molecule has 1 aliphatic rings. The molecule has 0 spiro atoms. The van der Waals surface area contributed by atoms with Gasteiger partial charge in [-0.15, -0.1) is 0 Å². The lowest BCUT2D eigenvalue weighted by atomic mass is 9.96. The molecular weight excluding hydrogens is 286 g/mol. The molecule has 2 aromatic carbocycles. The molecule has 0 unspecified atom stereocenters. The SMILES string of the molecule is O=C(NCC1(c2ccccc2)CC1)c1cc(Cl)ccc1O. The van der Waals surface area contributed by atoms with E-state index in [-0.39, 0.29) is 22.6 Å². The van der Waals surface area contributed by atoms with E-state index in [4.69, 9.17) is 11.6 Å². The van der Waals surface area contributed by atoms with E-state index in [1.165, 1.54) is 17.7 Å². The molecule has 1 aliphatic carbocycles. The van der Waals surface area contributed by atoms with Crippen molar-refractivity contribution in [3.05, 3.63) is 64.7 Å². The molecule has 0 radical (unpaired) electrons. The van der Waals surface area contributed by atoms with Crippen LogP contribution in [0.15, 0.2) is 48.5 Å². The van der Waals surface area contributed by atoms with E-state index >= 15 is 0 Å². The largest absolute Gasteiger partial charge is 0.507 e. The van der Waals surface area contributed by atoms with Gasteiger partial charge in [-0.2, -0.15) is 0 Å².